The normalized spacial score (nSPS) is 13.7. The molecule has 0 bridgehead atoms. The number of hydrogen-bond acceptors (Lipinski definition) is 5. The van der Waals surface area contributed by atoms with E-state index in [1.807, 2.05) is 36.4 Å². The van der Waals surface area contributed by atoms with Crippen molar-refractivity contribution in [2.45, 2.75) is 0 Å². The molecule has 4 aromatic rings. The van der Waals surface area contributed by atoms with Gasteiger partial charge in [-0.3, -0.25) is 9.59 Å². The van der Waals surface area contributed by atoms with Crippen molar-refractivity contribution in [1.82, 2.24) is 4.90 Å². The number of ether oxygens (including phenoxy) is 1. The lowest BCUT2D eigenvalue weighted by atomic mass is 10.1. The minimum atomic E-state index is -0.322. The summed E-state index contributed by atoms with van der Waals surface area (Å²) in [7, 11) is 1.57. The van der Waals surface area contributed by atoms with Gasteiger partial charge in [0.05, 0.1) is 7.11 Å². The lowest BCUT2D eigenvalue weighted by Gasteiger charge is -2.35. The van der Waals surface area contributed by atoms with Crippen LogP contribution in [-0.4, -0.2) is 50.0 Å². The van der Waals surface area contributed by atoms with Crippen LogP contribution in [0.2, 0.25) is 0 Å². The number of carbonyl (C=O) groups is 2. The lowest BCUT2D eigenvalue weighted by Crippen LogP contribution is -2.48. The van der Waals surface area contributed by atoms with Crippen molar-refractivity contribution in [3.63, 3.8) is 0 Å². The zero-order valence-electron chi connectivity index (χ0n) is 18.9. The number of furan rings is 1. The van der Waals surface area contributed by atoms with Crippen molar-refractivity contribution in [3.8, 4) is 5.75 Å². The maximum absolute atomic E-state index is 13.5. The number of para-hydroxylation sites is 2. The largest absolute Gasteiger partial charge is 0.497 e. The highest BCUT2D eigenvalue weighted by Gasteiger charge is 2.29. The summed E-state index contributed by atoms with van der Waals surface area (Å²) in [5, 5.41) is 3.60. The monoisotopic (exact) mass is 455 g/mol. The van der Waals surface area contributed by atoms with E-state index in [1.54, 1.807) is 42.3 Å². The van der Waals surface area contributed by atoms with Crippen LogP contribution >= 0.6 is 0 Å². The first-order valence-corrected chi connectivity index (χ1v) is 11.2. The minimum absolute atomic E-state index is 0.149. The average Bonchev–Trinajstić information content (AvgIpc) is 3.27. The van der Waals surface area contributed by atoms with Gasteiger partial charge in [-0.2, -0.15) is 0 Å². The zero-order valence-corrected chi connectivity index (χ0v) is 18.9. The van der Waals surface area contributed by atoms with Crippen LogP contribution in [0.3, 0.4) is 0 Å². The molecule has 2 amide bonds. The first-order chi connectivity index (χ1) is 16.6. The van der Waals surface area contributed by atoms with E-state index < -0.39 is 0 Å². The fourth-order valence-electron chi connectivity index (χ4n) is 4.20. The Labute approximate surface area is 197 Å². The Balaban J connectivity index is 1.38. The van der Waals surface area contributed by atoms with Gasteiger partial charge in [-0.1, -0.05) is 30.3 Å². The first kappa shape index (κ1) is 21.6. The van der Waals surface area contributed by atoms with Crippen molar-refractivity contribution in [1.29, 1.82) is 0 Å². The van der Waals surface area contributed by atoms with Gasteiger partial charge in [-0.15, -0.1) is 0 Å². The predicted molar refractivity (Wildman–Crippen MR) is 132 cm³/mol. The second-order valence-electron chi connectivity index (χ2n) is 8.10. The second kappa shape index (κ2) is 9.31. The molecule has 5 rings (SSSR count). The molecule has 0 aliphatic carbocycles. The number of piperazine rings is 1. The van der Waals surface area contributed by atoms with Gasteiger partial charge < -0.3 is 24.3 Å². The van der Waals surface area contributed by atoms with Gasteiger partial charge in [0.25, 0.3) is 11.8 Å². The average molecular weight is 456 g/mol. The third kappa shape index (κ3) is 4.20. The van der Waals surface area contributed by atoms with E-state index >= 15 is 0 Å². The summed E-state index contributed by atoms with van der Waals surface area (Å²) in [5.74, 6) is 0.262. The molecule has 0 spiro atoms. The number of benzene rings is 3. The zero-order chi connectivity index (χ0) is 23.5. The van der Waals surface area contributed by atoms with Crippen LogP contribution in [0.15, 0.2) is 83.3 Å². The lowest BCUT2D eigenvalue weighted by molar-refractivity contribution is 0.0718. The number of hydrogen-bond donors (Lipinski definition) is 1. The summed E-state index contributed by atoms with van der Waals surface area (Å²) in [5.41, 5.74) is 2.55. The smallest absolute Gasteiger partial charge is 0.291 e. The van der Waals surface area contributed by atoms with Gasteiger partial charge in [0.1, 0.15) is 17.0 Å². The van der Waals surface area contributed by atoms with Gasteiger partial charge in [0.15, 0.2) is 0 Å². The van der Waals surface area contributed by atoms with Crippen molar-refractivity contribution in [3.05, 3.63) is 90.2 Å². The Hall–Kier alpha value is -4.26. The van der Waals surface area contributed by atoms with E-state index in [4.69, 9.17) is 9.15 Å². The second-order valence-corrected chi connectivity index (χ2v) is 8.10. The van der Waals surface area contributed by atoms with Crippen LogP contribution in [0.5, 0.6) is 5.75 Å². The molecule has 1 aromatic heterocycles. The van der Waals surface area contributed by atoms with Crippen molar-refractivity contribution < 1.29 is 18.7 Å². The standard InChI is InChI=1S/C27H25N3O4/c1-33-21-13-11-19(12-14-21)26(31)28-24-22-9-5-6-10-23(22)34-25(24)27(32)30-17-15-29(16-18-30)20-7-3-2-4-8-20/h2-14H,15-18H2,1H3,(H,28,31). The van der Waals surface area contributed by atoms with E-state index in [9.17, 15) is 9.59 Å². The van der Waals surface area contributed by atoms with Gasteiger partial charge in [0.2, 0.25) is 5.76 Å². The number of nitrogens with zero attached hydrogens (tertiary/aromatic N) is 2. The molecule has 1 saturated heterocycles. The molecule has 34 heavy (non-hydrogen) atoms. The summed E-state index contributed by atoms with van der Waals surface area (Å²) < 4.78 is 11.1. The molecule has 1 N–H and O–H groups in total. The summed E-state index contributed by atoms with van der Waals surface area (Å²) in [6.45, 7) is 2.58. The van der Waals surface area contributed by atoms with E-state index in [1.165, 1.54) is 0 Å². The Kier molecular flexibility index (Phi) is 5.91. The third-order valence-corrected chi connectivity index (χ3v) is 6.07. The Morgan fingerprint density at radius 1 is 0.853 bits per heavy atom. The fraction of sp³-hybridized carbons (Fsp3) is 0.185. The maximum Gasteiger partial charge on any atom is 0.291 e. The van der Waals surface area contributed by atoms with Crippen LogP contribution < -0.4 is 15.0 Å². The highest BCUT2D eigenvalue weighted by atomic mass is 16.5. The number of fused-ring (bicyclic) bond motifs is 1. The molecule has 3 aromatic carbocycles. The number of methoxy groups -OCH3 is 1. The molecule has 172 valence electrons. The molecule has 7 nitrogen and oxygen atoms in total. The van der Waals surface area contributed by atoms with Crippen molar-refractivity contribution >= 4 is 34.2 Å². The summed E-state index contributed by atoms with van der Waals surface area (Å²) >= 11 is 0. The molecule has 0 saturated carbocycles. The number of rotatable bonds is 5. The van der Waals surface area contributed by atoms with Gasteiger partial charge >= 0.3 is 0 Å². The van der Waals surface area contributed by atoms with Gasteiger partial charge in [-0.25, -0.2) is 0 Å². The first-order valence-electron chi connectivity index (χ1n) is 11.2. The van der Waals surface area contributed by atoms with Crippen LogP contribution in [-0.2, 0) is 0 Å². The van der Waals surface area contributed by atoms with E-state index in [0.717, 1.165) is 18.8 Å². The topological polar surface area (TPSA) is 75.0 Å². The van der Waals surface area contributed by atoms with E-state index in [0.29, 0.717) is 41.1 Å². The minimum Gasteiger partial charge on any atom is -0.497 e. The summed E-state index contributed by atoms with van der Waals surface area (Å²) in [4.78, 5) is 30.5. The van der Waals surface area contributed by atoms with Crippen LogP contribution in [0.1, 0.15) is 20.9 Å². The molecule has 2 heterocycles. The highest BCUT2D eigenvalue weighted by molar-refractivity contribution is 6.14. The SMILES string of the molecule is COc1ccc(C(=O)Nc2c(C(=O)N3CCN(c4ccccc4)CC3)oc3ccccc23)cc1. The summed E-state index contributed by atoms with van der Waals surface area (Å²) in [6.07, 6.45) is 0. The highest BCUT2D eigenvalue weighted by Crippen LogP contribution is 2.32. The number of nitrogens with one attached hydrogen (secondary N) is 1. The quantitative estimate of drug-likeness (QED) is 0.474. The third-order valence-electron chi connectivity index (χ3n) is 6.07. The predicted octanol–water partition coefficient (Wildman–Crippen LogP) is 4.66. The molecule has 0 unspecified atom stereocenters. The number of amides is 2. The summed E-state index contributed by atoms with van der Waals surface area (Å²) in [6, 6.07) is 24.3. The van der Waals surface area contributed by atoms with Crippen molar-refractivity contribution in [2.75, 3.05) is 43.5 Å². The number of carbonyl (C=O) groups excluding carboxylic acids is 2. The molecule has 0 radical (unpaired) electrons. The molecule has 1 fully saturated rings. The Bertz CT molecular complexity index is 1310. The molecular formula is C27H25N3O4. The molecule has 7 heteroatoms. The van der Waals surface area contributed by atoms with Crippen LogP contribution in [0.25, 0.3) is 11.0 Å². The maximum atomic E-state index is 13.5. The molecule has 1 aliphatic rings. The Morgan fingerprint density at radius 2 is 1.53 bits per heavy atom. The van der Waals surface area contributed by atoms with Gasteiger partial charge in [-0.05, 0) is 48.5 Å². The van der Waals surface area contributed by atoms with Crippen LogP contribution in [0, 0.1) is 0 Å². The molecule has 1 aliphatic heterocycles. The number of anilines is 2. The van der Waals surface area contributed by atoms with E-state index in [2.05, 4.69) is 22.3 Å². The fourth-order valence-corrected chi connectivity index (χ4v) is 4.20. The van der Waals surface area contributed by atoms with Crippen molar-refractivity contribution in [2.24, 2.45) is 0 Å². The molecule has 0 atom stereocenters. The van der Waals surface area contributed by atoms with E-state index in [-0.39, 0.29) is 17.6 Å². The Morgan fingerprint density at radius 3 is 2.24 bits per heavy atom. The van der Waals surface area contributed by atoms with Gasteiger partial charge in [0, 0.05) is 42.8 Å². The van der Waals surface area contributed by atoms with Crippen LogP contribution in [0.4, 0.5) is 11.4 Å². The molecular weight excluding hydrogens is 430 g/mol.